The topological polar surface area (TPSA) is 173 Å². The summed E-state index contributed by atoms with van der Waals surface area (Å²) in [6.45, 7) is 3.73. The van der Waals surface area contributed by atoms with Crippen molar-refractivity contribution < 1.29 is 34.4 Å². The number of carbonyl (C=O) groups excluding carboxylic acids is 2. The van der Waals surface area contributed by atoms with Gasteiger partial charge in [-0.2, -0.15) is 0 Å². The minimum atomic E-state index is -2.05. The highest BCUT2D eigenvalue weighted by atomic mass is 16.6. The molecule has 6 aromatic rings. The first kappa shape index (κ1) is 41.8. The number of fused-ring (bicyclic) bond motifs is 1. The molecule has 0 spiro atoms. The van der Waals surface area contributed by atoms with Crippen molar-refractivity contribution in [1.82, 2.24) is 20.5 Å². The number of ether oxygens (including phenoxy) is 2. The van der Waals surface area contributed by atoms with E-state index in [2.05, 4.69) is 32.7 Å². The number of pyridine rings is 1. The molecule has 5 aromatic carbocycles. The van der Waals surface area contributed by atoms with Gasteiger partial charge < -0.3 is 40.4 Å². The zero-order valence-corrected chi connectivity index (χ0v) is 33.3. The second kappa shape index (κ2) is 19.6. The maximum absolute atomic E-state index is 13.9. The van der Waals surface area contributed by atoms with Gasteiger partial charge in [-0.1, -0.05) is 91.0 Å². The molecule has 1 saturated heterocycles. The highest BCUT2D eigenvalue weighted by Crippen LogP contribution is 2.34. The van der Waals surface area contributed by atoms with Gasteiger partial charge in [0.15, 0.2) is 0 Å². The summed E-state index contributed by atoms with van der Waals surface area (Å²) in [7, 11) is 0. The van der Waals surface area contributed by atoms with Crippen LogP contribution in [0.1, 0.15) is 63.5 Å². The molecular formula is C48H50N4O8. The summed E-state index contributed by atoms with van der Waals surface area (Å²) in [4.78, 5) is 43.4. The number of amides is 1. The molecule has 1 aliphatic heterocycles. The number of likely N-dealkylation sites (tertiary alicyclic amines) is 1. The number of nitrogens with one attached hydrogen (secondary N) is 3. The molecule has 1 aliphatic rings. The average molecular weight is 811 g/mol. The summed E-state index contributed by atoms with van der Waals surface area (Å²) < 4.78 is 12.0. The van der Waals surface area contributed by atoms with Crippen LogP contribution in [0.3, 0.4) is 0 Å². The van der Waals surface area contributed by atoms with Gasteiger partial charge in [-0.05, 0) is 77.9 Å². The van der Waals surface area contributed by atoms with E-state index < -0.39 is 17.7 Å². The largest absolute Gasteiger partial charge is 0.506 e. The van der Waals surface area contributed by atoms with Gasteiger partial charge in [-0.25, -0.2) is 4.79 Å². The van der Waals surface area contributed by atoms with Crippen molar-refractivity contribution in [2.75, 3.05) is 32.8 Å². The predicted octanol–water partition coefficient (Wildman–Crippen LogP) is 5.70. The first-order chi connectivity index (χ1) is 29.2. The van der Waals surface area contributed by atoms with Gasteiger partial charge in [0, 0.05) is 61.8 Å². The number of hydrogen-bond acceptors (Lipinski definition) is 10. The van der Waals surface area contributed by atoms with Gasteiger partial charge in [0.25, 0.3) is 5.91 Å². The van der Waals surface area contributed by atoms with Gasteiger partial charge in [-0.15, -0.1) is 0 Å². The predicted molar refractivity (Wildman–Crippen MR) is 229 cm³/mol. The van der Waals surface area contributed by atoms with Crippen molar-refractivity contribution in [2.45, 2.75) is 50.2 Å². The van der Waals surface area contributed by atoms with E-state index in [9.17, 15) is 29.7 Å². The smallest absolute Gasteiger partial charge is 0.347 e. The SMILES string of the molecule is O=C(NCCCOc1cccc(C(O)(C(=O)OC2CCN(Cc3ccccc3)CC2)c2ccccc2)c1)c1ccc(CNC[C@H](O)c2ccc(O)c3[nH]c(=O)ccc23)cc1. The Morgan fingerprint density at radius 1 is 0.833 bits per heavy atom. The molecule has 12 heteroatoms. The van der Waals surface area contributed by atoms with E-state index in [0.29, 0.717) is 65.7 Å². The van der Waals surface area contributed by atoms with Gasteiger partial charge in [0.1, 0.15) is 17.6 Å². The number of H-pyrrole nitrogens is 1. The van der Waals surface area contributed by atoms with Crippen LogP contribution in [0.5, 0.6) is 11.5 Å². The molecule has 1 fully saturated rings. The molecule has 0 saturated carbocycles. The van der Waals surface area contributed by atoms with E-state index >= 15 is 0 Å². The van der Waals surface area contributed by atoms with Crippen LogP contribution >= 0.6 is 0 Å². The molecule has 12 nitrogen and oxygen atoms in total. The number of phenols is 1. The van der Waals surface area contributed by atoms with E-state index in [1.54, 1.807) is 72.8 Å². The summed E-state index contributed by atoms with van der Waals surface area (Å²) in [5.41, 5.74) is 1.87. The third kappa shape index (κ3) is 10.3. The standard InChI is InChI=1S/C48H50N4O8/c53-42-21-19-40(41-20-22-44(55)51-45(41)42)43(54)31-49-30-33-15-17-35(18-16-33)46(56)50-25-8-28-59-39-14-7-13-37(29-39)48(58,36-11-5-2-6-12-36)47(57)60-38-23-26-52(27-24-38)32-34-9-3-1-4-10-34/h1-7,9-22,29,38,43,49,53-54,58H,8,23-28,30-32H2,(H,50,56)(H,51,55)/t43-,48?/m0/s1. The number of rotatable bonds is 17. The van der Waals surface area contributed by atoms with Gasteiger partial charge in [0.05, 0.1) is 18.2 Å². The van der Waals surface area contributed by atoms with E-state index in [4.69, 9.17) is 9.47 Å². The first-order valence-corrected chi connectivity index (χ1v) is 20.3. The Hall–Kier alpha value is -6.31. The Kier molecular flexibility index (Phi) is 13.7. The normalized spacial score (nSPS) is 14.9. The monoisotopic (exact) mass is 810 g/mol. The van der Waals surface area contributed by atoms with Crippen LogP contribution in [0, 0.1) is 0 Å². The Balaban J connectivity index is 0.866. The third-order valence-corrected chi connectivity index (χ3v) is 10.8. The molecule has 2 atom stereocenters. The van der Waals surface area contributed by atoms with Crippen LogP contribution < -0.4 is 20.9 Å². The van der Waals surface area contributed by atoms with Crippen LogP contribution in [0.15, 0.2) is 138 Å². The van der Waals surface area contributed by atoms with Crippen molar-refractivity contribution in [3.05, 3.63) is 177 Å². The number of hydrogen-bond donors (Lipinski definition) is 6. The fourth-order valence-electron chi connectivity index (χ4n) is 7.51. The fraction of sp³-hybridized carbons (Fsp3) is 0.271. The maximum atomic E-state index is 13.9. The number of piperidine rings is 1. The van der Waals surface area contributed by atoms with E-state index in [-0.39, 0.29) is 42.0 Å². The Labute approximate surface area is 348 Å². The van der Waals surface area contributed by atoms with Crippen LogP contribution in [0.4, 0.5) is 0 Å². The lowest BCUT2D eigenvalue weighted by Crippen LogP contribution is -2.43. The maximum Gasteiger partial charge on any atom is 0.347 e. The highest BCUT2D eigenvalue weighted by molar-refractivity contribution is 5.94. The number of aliphatic hydroxyl groups excluding tert-OH is 1. The molecule has 0 bridgehead atoms. The zero-order valence-electron chi connectivity index (χ0n) is 33.3. The lowest BCUT2D eigenvalue weighted by Gasteiger charge is -2.34. The number of aliphatic hydroxyl groups is 2. The Morgan fingerprint density at radius 2 is 1.55 bits per heavy atom. The summed E-state index contributed by atoms with van der Waals surface area (Å²) in [5, 5.41) is 39.8. The number of aromatic amines is 1. The molecule has 310 valence electrons. The van der Waals surface area contributed by atoms with E-state index in [1.165, 1.54) is 17.7 Å². The molecule has 0 aliphatic carbocycles. The number of aromatic hydroxyl groups is 1. The highest BCUT2D eigenvalue weighted by Gasteiger charge is 2.43. The van der Waals surface area contributed by atoms with Gasteiger partial charge in [-0.3, -0.25) is 14.5 Å². The number of benzene rings is 5. The average Bonchev–Trinajstić information content (AvgIpc) is 3.27. The van der Waals surface area contributed by atoms with Crippen LogP contribution in [0.2, 0.25) is 0 Å². The quantitative estimate of drug-likeness (QED) is 0.0496. The molecule has 60 heavy (non-hydrogen) atoms. The van der Waals surface area contributed by atoms with Crippen LogP contribution in [-0.4, -0.2) is 76.0 Å². The number of aromatic nitrogens is 1. The molecule has 0 radical (unpaired) electrons. The molecule has 6 N–H and O–H groups in total. The van der Waals surface area contributed by atoms with Crippen molar-refractivity contribution in [3.63, 3.8) is 0 Å². The van der Waals surface area contributed by atoms with Gasteiger partial charge in [0.2, 0.25) is 11.2 Å². The minimum Gasteiger partial charge on any atom is -0.506 e. The van der Waals surface area contributed by atoms with Crippen LogP contribution in [-0.2, 0) is 28.2 Å². The van der Waals surface area contributed by atoms with E-state index in [0.717, 1.165) is 25.2 Å². The molecule has 7 rings (SSSR count). The summed E-state index contributed by atoms with van der Waals surface area (Å²) in [6, 6.07) is 39.1. The minimum absolute atomic E-state index is 0.0673. The lowest BCUT2D eigenvalue weighted by molar-refractivity contribution is -0.170. The summed E-state index contributed by atoms with van der Waals surface area (Å²) >= 11 is 0. The molecule has 1 aromatic heterocycles. The molecule has 1 unspecified atom stereocenters. The number of phenolic OH excluding ortho intramolecular Hbond substituents is 1. The Morgan fingerprint density at radius 3 is 2.30 bits per heavy atom. The number of nitrogens with zero attached hydrogens (tertiary/aromatic N) is 1. The third-order valence-electron chi connectivity index (χ3n) is 10.8. The molecule has 2 heterocycles. The summed E-state index contributed by atoms with van der Waals surface area (Å²) in [5.74, 6) is -0.544. The van der Waals surface area contributed by atoms with Crippen molar-refractivity contribution >= 4 is 22.8 Å². The van der Waals surface area contributed by atoms with Crippen molar-refractivity contribution in [3.8, 4) is 11.5 Å². The molecular weight excluding hydrogens is 761 g/mol. The van der Waals surface area contributed by atoms with Crippen molar-refractivity contribution in [1.29, 1.82) is 0 Å². The second-order valence-corrected chi connectivity index (χ2v) is 15.1. The van der Waals surface area contributed by atoms with Crippen LogP contribution in [0.25, 0.3) is 10.9 Å². The lowest BCUT2D eigenvalue weighted by atomic mass is 9.86. The second-order valence-electron chi connectivity index (χ2n) is 15.1. The number of carbonyl (C=O) groups is 2. The first-order valence-electron chi connectivity index (χ1n) is 20.3. The van der Waals surface area contributed by atoms with E-state index in [1.807, 2.05) is 36.4 Å². The Bertz CT molecular complexity index is 2420. The summed E-state index contributed by atoms with van der Waals surface area (Å²) in [6.07, 6.45) is 0.660. The molecule has 1 amide bonds. The fourth-order valence-corrected chi connectivity index (χ4v) is 7.51. The van der Waals surface area contributed by atoms with Crippen molar-refractivity contribution in [2.24, 2.45) is 0 Å². The number of esters is 1. The zero-order chi connectivity index (χ0) is 41.9. The van der Waals surface area contributed by atoms with Gasteiger partial charge >= 0.3 is 5.97 Å².